The summed E-state index contributed by atoms with van der Waals surface area (Å²) >= 11 is 0. The van der Waals surface area contributed by atoms with E-state index in [1.165, 1.54) is 12.8 Å². The van der Waals surface area contributed by atoms with E-state index in [0.29, 0.717) is 0 Å². The first-order valence-corrected chi connectivity index (χ1v) is 7.64. The predicted molar refractivity (Wildman–Crippen MR) is 106 cm³/mol. The van der Waals surface area contributed by atoms with Crippen LogP contribution in [0.2, 0.25) is 0 Å². The molecule has 0 aromatic carbocycles. The molecule has 0 spiro atoms. The maximum atomic E-state index is 11.8. The molecule has 1 amide bonds. The Hall–Kier alpha value is -0.790. The van der Waals surface area contributed by atoms with E-state index >= 15 is 0 Å². The molecule has 0 bridgehead atoms. The lowest BCUT2D eigenvalue weighted by atomic mass is 10.1. The van der Waals surface area contributed by atoms with Crippen LogP contribution in [0.15, 0.2) is 17.6 Å². The fourth-order valence-corrected chi connectivity index (χ4v) is 1.93. The highest BCUT2D eigenvalue weighted by Crippen LogP contribution is 2.01. The average Bonchev–Trinajstić information content (AvgIpc) is 2.37. The molecule has 0 fully saturated rings. The van der Waals surface area contributed by atoms with Crippen LogP contribution in [0.25, 0.3) is 0 Å². The first-order valence-electron chi connectivity index (χ1n) is 7.64. The number of hydrogen-bond acceptors (Lipinski definition) is 2. The van der Waals surface area contributed by atoms with Gasteiger partial charge in [0.05, 0.1) is 6.54 Å². The first kappa shape index (κ1) is 23.5. The fraction of sp³-hybridized carbons (Fsp3) is 0.750. The molecule has 0 aromatic rings. The van der Waals surface area contributed by atoms with Crippen molar-refractivity contribution in [3.8, 4) is 0 Å². The number of carbonyl (C=O) groups excluding carboxylic acids is 1. The van der Waals surface area contributed by atoms with Crippen LogP contribution in [-0.2, 0) is 4.79 Å². The Labute approximate surface area is 153 Å². The second kappa shape index (κ2) is 12.7. The van der Waals surface area contributed by atoms with Crippen molar-refractivity contribution in [2.45, 2.75) is 52.0 Å². The normalized spacial score (nSPS) is 11.4. The summed E-state index contributed by atoms with van der Waals surface area (Å²) in [7, 11) is 3.72. The number of allylic oxidation sites excluding steroid dienone is 1. The van der Waals surface area contributed by atoms with Crippen LogP contribution in [0.3, 0.4) is 0 Å². The van der Waals surface area contributed by atoms with E-state index in [2.05, 4.69) is 27.1 Å². The summed E-state index contributed by atoms with van der Waals surface area (Å²) in [4.78, 5) is 18.0. The molecule has 22 heavy (non-hydrogen) atoms. The van der Waals surface area contributed by atoms with Crippen molar-refractivity contribution < 1.29 is 4.79 Å². The van der Waals surface area contributed by atoms with Gasteiger partial charge in [-0.05, 0) is 40.0 Å². The molecule has 0 radical (unpaired) electrons. The molecular weight excluding hydrogens is 391 g/mol. The van der Waals surface area contributed by atoms with Gasteiger partial charge in [-0.3, -0.25) is 9.79 Å². The SMILES string of the molecule is C=CCCCCCN(C)C(=NC)NCC(=O)NC(C)(C)C.I. The summed E-state index contributed by atoms with van der Waals surface area (Å²) in [5, 5.41) is 6.01. The summed E-state index contributed by atoms with van der Waals surface area (Å²) in [5.74, 6) is 0.728. The topological polar surface area (TPSA) is 56.7 Å². The van der Waals surface area contributed by atoms with Crippen LogP contribution in [0.1, 0.15) is 46.5 Å². The Kier molecular flexibility index (Phi) is 13.6. The predicted octanol–water partition coefficient (Wildman–Crippen LogP) is 2.77. The number of nitrogens with one attached hydrogen (secondary N) is 2. The highest BCUT2D eigenvalue weighted by molar-refractivity contribution is 14.0. The number of amides is 1. The summed E-state index contributed by atoms with van der Waals surface area (Å²) in [6.07, 6.45) is 6.50. The molecule has 0 saturated heterocycles. The molecule has 0 aliphatic heterocycles. The van der Waals surface area contributed by atoms with Gasteiger partial charge >= 0.3 is 0 Å². The van der Waals surface area contributed by atoms with E-state index in [-0.39, 0.29) is 42.0 Å². The molecule has 0 unspecified atom stereocenters. The minimum atomic E-state index is -0.209. The van der Waals surface area contributed by atoms with Gasteiger partial charge in [-0.15, -0.1) is 30.6 Å². The maximum absolute atomic E-state index is 11.8. The maximum Gasteiger partial charge on any atom is 0.239 e. The number of rotatable bonds is 8. The van der Waals surface area contributed by atoms with Crippen molar-refractivity contribution in [2.24, 2.45) is 4.99 Å². The fourth-order valence-electron chi connectivity index (χ4n) is 1.93. The second-order valence-corrected chi connectivity index (χ2v) is 6.26. The van der Waals surface area contributed by atoms with Crippen LogP contribution in [0, 0.1) is 0 Å². The van der Waals surface area contributed by atoms with Crippen LogP contribution in [-0.4, -0.2) is 49.5 Å². The molecule has 0 rings (SSSR count). The first-order chi connectivity index (χ1) is 9.80. The monoisotopic (exact) mass is 424 g/mol. The van der Waals surface area contributed by atoms with E-state index in [0.717, 1.165) is 25.3 Å². The van der Waals surface area contributed by atoms with Crippen molar-refractivity contribution >= 4 is 35.8 Å². The van der Waals surface area contributed by atoms with Crippen molar-refractivity contribution in [3.63, 3.8) is 0 Å². The minimum Gasteiger partial charge on any atom is -0.350 e. The van der Waals surface area contributed by atoms with Crippen LogP contribution in [0.4, 0.5) is 0 Å². The quantitative estimate of drug-likeness (QED) is 0.207. The van der Waals surface area contributed by atoms with Crippen LogP contribution >= 0.6 is 24.0 Å². The van der Waals surface area contributed by atoms with Crippen LogP contribution < -0.4 is 10.6 Å². The molecule has 2 N–H and O–H groups in total. The Morgan fingerprint density at radius 1 is 1.27 bits per heavy atom. The zero-order valence-corrected chi connectivity index (χ0v) is 17.1. The summed E-state index contributed by atoms with van der Waals surface area (Å²) in [5.41, 5.74) is -0.209. The van der Waals surface area contributed by atoms with E-state index in [1.807, 2.05) is 33.9 Å². The van der Waals surface area contributed by atoms with Gasteiger partial charge in [-0.1, -0.05) is 12.5 Å². The third-order valence-corrected chi connectivity index (χ3v) is 2.90. The van der Waals surface area contributed by atoms with Crippen molar-refractivity contribution in [1.82, 2.24) is 15.5 Å². The third-order valence-electron chi connectivity index (χ3n) is 2.90. The second-order valence-electron chi connectivity index (χ2n) is 6.26. The number of nitrogens with zero attached hydrogens (tertiary/aromatic N) is 2. The van der Waals surface area contributed by atoms with E-state index < -0.39 is 0 Å². The summed E-state index contributed by atoms with van der Waals surface area (Å²) in [6, 6.07) is 0. The molecule has 0 atom stereocenters. The third kappa shape index (κ3) is 12.9. The molecule has 6 heteroatoms. The van der Waals surface area contributed by atoms with Gasteiger partial charge in [0.1, 0.15) is 0 Å². The number of unbranched alkanes of at least 4 members (excludes halogenated alkanes) is 3. The molecular formula is C16H33IN4O. The number of guanidine groups is 1. The molecule has 0 heterocycles. The van der Waals surface area contributed by atoms with E-state index in [9.17, 15) is 4.79 Å². The lowest BCUT2D eigenvalue weighted by molar-refractivity contribution is -0.121. The van der Waals surface area contributed by atoms with Crippen LogP contribution in [0.5, 0.6) is 0 Å². The standard InChI is InChI=1S/C16H32N4O.HI/c1-7-8-9-10-11-12-20(6)15(17-5)18-13-14(21)19-16(2,3)4;/h7H,1,8-13H2,2-6H3,(H,17,18)(H,19,21);1H. The van der Waals surface area contributed by atoms with Crippen molar-refractivity contribution in [3.05, 3.63) is 12.7 Å². The highest BCUT2D eigenvalue weighted by Gasteiger charge is 2.14. The van der Waals surface area contributed by atoms with Gasteiger partial charge in [-0.25, -0.2) is 0 Å². The zero-order chi connectivity index (χ0) is 16.3. The zero-order valence-electron chi connectivity index (χ0n) is 14.7. The van der Waals surface area contributed by atoms with Gasteiger partial charge in [-0.2, -0.15) is 0 Å². The molecule has 130 valence electrons. The van der Waals surface area contributed by atoms with Crippen molar-refractivity contribution in [1.29, 1.82) is 0 Å². The van der Waals surface area contributed by atoms with Gasteiger partial charge in [0.25, 0.3) is 0 Å². The molecule has 0 aliphatic rings. The molecule has 0 aliphatic carbocycles. The summed E-state index contributed by atoms with van der Waals surface area (Å²) < 4.78 is 0. The van der Waals surface area contributed by atoms with Gasteiger partial charge in [0.15, 0.2) is 5.96 Å². The highest BCUT2D eigenvalue weighted by atomic mass is 127. The van der Waals surface area contributed by atoms with Gasteiger partial charge < -0.3 is 15.5 Å². The van der Waals surface area contributed by atoms with E-state index in [4.69, 9.17) is 0 Å². The van der Waals surface area contributed by atoms with Gasteiger partial charge in [0, 0.05) is 26.2 Å². The Balaban J connectivity index is 0. The smallest absolute Gasteiger partial charge is 0.239 e. The van der Waals surface area contributed by atoms with Gasteiger partial charge in [0.2, 0.25) is 5.91 Å². The number of halogens is 1. The Morgan fingerprint density at radius 2 is 1.91 bits per heavy atom. The average molecular weight is 424 g/mol. The minimum absolute atomic E-state index is 0. The lowest BCUT2D eigenvalue weighted by Crippen LogP contribution is -2.48. The number of hydrogen-bond donors (Lipinski definition) is 2. The van der Waals surface area contributed by atoms with E-state index in [1.54, 1.807) is 7.05 Å². The van der Waals surface area contributed by atoms with Crippen molar-refractivity contribution in [2.75, 3.05) is 27.2 Å². The Bertz CT molecular complexity index is 351. The largest absolute Gasteiger partial charge is 0.350 e. The molecule has 5 nitrogen and oxygen atoms in total. The lowest BCUT2D eigenvalue weighted by Gasteiger charge is -2.24. The molecule has 0 saturated carbocycles. The molecule has 0 aromatic heterocycles. The Morgan fingerprint density at radius 3 is 2.41 bits per heavy atom. The number of carbonyl (C=O) groups is 1. The summed E-state index contributed by atoms with van der Waals surface area (Å²) in [6.45, 7) is 10.8. The number of aliphatic imine (C=N–C) groups is 1.